The maximum absolute atomic E-state index is 12.7. The first-order valence-electron chi connectivity index (χ1n) is 10.4. The molecule has 1 N–H and O–H groups in total. The van der Waals surface area contributed by atoms with Gasteiger partial charge >= 0.3 is 0 Å². The Morgan fingerprint density at radius 1 is 1.19 bits per heavy atom. The Kier molecular flexibility index (Phi) is 5.06. The van der Waals surface area contributed by atoms with Crippen molar-refractivity contribution in [3.63, 3.8) is 0 Å². The van der Waals surface area contributed by atoms with Crippen LogP contribution in [0.2, 0.25) is 0 Å². The molecule has 0 saturated heterocycles. The molecule has 0 fully saturated rings. The molecule has 0 atom stereocenters. The van der Waals surface area contributed by atoms with Crippen molar-refractivity contribution < 1.29 is 14.3 Å². The fraction of sp³-hybridized carbons (Fsp3) is 0.240. The highest BCUT2D eigenvalue weighted by Gasteiger charge is 2.32. The predicted molar refractivity (Wildman–Crippen MR) is 127 cm³/mol. The van der Waals surface area contributed by atoms with Crippen LogP contribution in [0.4, 0.5) is 5.69 Å². The summed E-state index contributed by atoms with van der Waals surface area (Å²) in [5, 5.41) is 3.84. The molecule has 0 bridgehead atoms. The number of nitrogens with zero attached hydrogens (tertiary/aromatic N) is 2. The summed E-state index contributed by atoms with van der Waals surface area (Å²) in [4.78, 5) is 22.6. The second-order valence-corrected chi connectivity index (χ2v) is 9.42. The number of hydrogen-bond donors (Lipinski definition) is 1. The third-order valence-corrected chi connectivity index (χ3v) is 6.43. The molecule has 1 aliphatic heterocycles. The predicted octanol–water partition coefficient (Wildman–Crippen LogP) is 5.40. The lowest BCUT2D eigenvalue weighted by Crippen LogP contribution is -2.25. The fourth-order valence-electron chi connectivity index (χ4n) is 3.92. The van der Waals surface area contributed by atoms with Gasteiger partial charge in [-0.2, -0.15) is 0 Å². The number of benzene rings is 2. The molecule has 4 aromatic rings. The first-order valence-corrected chi connectivity index (χ1v) is 11.3. The van der Waals surface area contributed by atoms with Crippen LogP contribution >= 0.6 is 11.3 Å². The van der Waals surface area contributed by atoms with E-state index >= 15 is 0 Å². The largest absolute Gasteiger partial charge is 0.483 e. The molecular weight excluding hydrogens is 422 g/mol. The summed E-state index contributed by atoms with van der Waals surface area (Å²) in [5.41, 5.74) is 4.36. The summed E-state index contributed by atoms with van der Waals surface area (Å²) in [7, 11) is 0. The number of rotatable bonds is 5. The second-order valence-electron chi connectivity index (χ2n) is 8.44. The Balaban J connectivity index is 1.31. The molecule has 0 aliphatic carbocycles. The summed E-state index contributed by atoms with van der Waals surface area (Å²) in [6, 6.07) is 15.4. The molecular formula is C25H23N3O3S. The van der Waals surface area contributed by atoms with E-state index in [1.165, 1.54) is 11.3 Å². The highest BCUT2D eigenvalue weighted by Crippen LogP contribution is 2.41. The molecule has 6 nitrogen and oxygen atoms in total. The van der Waals surface area contributed by atoms with E-state index in [0.717, 1.165) is 49.9 Å². The highest BCUT2D eigenvalue weighted by atomic mass is 32.1. The van der Waals surface area contributed by atoms with Gasteiger partial charge in [0.25, 0.3) is 5.91 Å². The van der Waals surface area contributed by atoms with Gasteiger partial charge in [-0.15, -0.1) is 0 Å². The molecule has 162 valence electrons. The number of nitrogens with one attached hydrogen (secondary N) is 1. The normalized spacial score (nSPS) is 14.1. The number of amides is 1. The molecule has 7 heteroatoms. The molecule has 0 spiro atoms. The van der Waals surface area contributed by atoms with Gasteiger partial charge in [0.1, 0.15) is 21.0 Å². The number of ether oxygens (including phenoxy) is 2. The lowest BCUT2D eigenvalue weighted by molar-refractivity contribution is -0.118. The lowest BCUT2D eigenvalue weighted by atomic mass is 10.0. The zero-order valence-electron chi connectivity index (χ0n) is 18.1. The minimum Gasteiger partial charge on any atom is -0.483 e. The molecule has 32 heavy (non-hydrogen) atoms. The number of carbonyl (C=O) groups excluding carboxylic acids is 1. The van der Waals surface area contributed by atoms with E-state index in [4.69, 9.17) is 9.47 Å². The topological polar surface area (TPSA) is 73.3 Å². The molecule has 3 heterocycles. The summed E-state index contributed by atoms with van der Waals surface area (Å²) < 4.78 is 11.8. The van der Waals surface area contributed by atoms with Crippen LogP contribution in [-0.4, -0.2) is 28.1 Å². The van der Waals surface area contributed by atoms with Gasteiger partial charge < -0.3 is 14.8 Å². The number of pyridine rings is 1. The van der Waals surface area contributed by atoms with Crippen molar-refractivity contribution in [2.75, 3.05) is 11.9 Å². The van der Waals surface area contributed by atoms with Gasteiger partial charge in [0.15, 0.2) is 18.1 Å². The zero-order valence-corrected chi connectivity index (χ0v) is 19.0. The minimum atomic E-state index is -0.266. The van der Waals surface area contributed by atoms with Crippen LogP contribution in [0, 0.1) is 6.92 Å². The van der Waals surface area contributed by atoms with Crippen LogP contribution < -0.4 is 14.8 Å². The number of fused-ring (bicyclic) bond motifs is 2. The van der Waals surface area contributed by atoms with Crippen LogP contribution in [0.1, 0.15) is 25.0 Å². The number of aromatic nitrogens is 2. The third kappa shape index (κ3) is 3.91. The summed E-state index contributed by atoms with van der Waals surface area (Å²) in [5.74, 6) is 1.09. The number of para-hydroxylation sites is 1. The standard InChI is InChI=1S/C25H23N3O3S/c1-15-17(23-28-19-10-6-12-26-24(19)32-23)8-5-9-18(15)27-21(29)14-30-20-11-4-7-16-13-25(2,3)31-22(16)20/h4-12H,13-14H2,1-3H3,(H,27,29). The van der Waals surface area contributed by atoms with Crippen molar-refractivity contribution in [1.29, 1.82) is 0 Å². The van der Waals surface area contributed by atoms with Crippen LogP contribution in [0.25, 0.3) is 20.9 Å². The van der Waals surface area contributed by atoms with Gasteiger partial charge in [0, 0.05) is 29.4 Å². The SMILES string of the molecule is Cc1c(NC(=O)COc2cccc3c2OC(C)(C)C3)cccc1-c1nc2cccnc2s1. The molecule has 0 saturated carbocycles. The summed E-state index contributed by atoms with van der Waals surface area (Å²) in [6.45, 7) is 5.96. The van der Waals surface area contributed by atoms with Gasteiger partial charge in [-0.1, -0.05) is 35.6 Å². The van der Waals surface area contributed by atoms with Gasteiger partial charge in [0.2, 0.25) is 0 Å². The monoisotopic (exact) mass is 445 g/mol. The highest BCUT2D eigenvalue weighted by molar-refractivity contribution is 7.21. The third-order valence-electron chi connectivity index (χ3n) is 5.42. The number of anilines is 1. The van der Waals surface area contributed by atoms with E-state index in [0.29, 0.717) is 5.75 Å². The zero-order chi connectivity index (χ0) is 22.3. The Labute approximate surface area is 190 Å². The molecule has 2 aromatic heterocycles. The van der Waals surface area contributed by atoms with Crippen molar-refractivity contribution in [3.05, 3.63) is 65.9 Å². The van der Waals surface area contributed by atoms with Crippen molar-refractivity contribution >= 4 is 33.3 Å². The van der Waals surface area contributed by atoms with E-state index in [1.54, 1.807) is 6.20 Å². The maximum Gasteiger partial charge on any atom is 0.262 e. The van der Waals surface area contributed by atoms with Crippen molar-refractivity contribution in [2.24, 2.45) is 0 Å². The van der Waals surface area contributed by atoms with E-state index in [2.05, 4.69) is 15.3 Å². The summed E-state index contributed by atoms with van der Waals surface area (Å²) >= 11 is 1.54. The van der Waals surface area contributed by atoms with Gasteiger partial charge in [0.05, 0.1) is 0 Å². The molecule has 5 rings (SSSR count). The van der Waals surface area contributed by atoms with Crippen molar-refractivity contribution in [1.82, 2.24) is 9.97 Å². The van der Waals surface area contributed by atoms with Crippen LogP contribution in [0.3, 0.4) is 0 Å². The quantitative estimate of drug-likeness (QED) is 0.445. The Hall–Kier alpha value is -3.45. The number of hydrogen-bond acceptors (Lipinski definition) is 6. The molecule has 0 unspecified atom stereocenters. The summed E-state index contributed by atoms with van der Waals surface area (Å²) in [6.07, 6.45) is 2.58. The van der Waals surface area contributed by atoms with Crippen LogP contribution in [0.5, 0.6) is 11.5 Å². The van der Waals surface area contributed by atoms with Crippen LogP contribution in [-0.2, 0) is 11.2 Å². The minimum absolute atomic E-state index is 0.102. The molecule has 2 aromatic carbocycles. The Morgan fingerprint density at radius 2 is 2.03 bits per heavy atom. The smallest absolute Gasteiger partial charge is 0.262 e. The van der Waals surface area contributed by atoms with Crippen LogP contribution in [0.15, 0.2) is 54.7 Å². The Bertz CT molecular complexity index is 1300. The van der Waals surface area contributed by atoms with Gasteiger partial charge in [-0.3, -0.25) is 4.79 Å². The van der Waals surface area contributed by atoms with Gasteiger partial charge in [-0.05, 0) is 50.6 Å². The molecule has 1 amide bonds. The van der Waals surface area contributed by atoms with Crippen molar-refractivity contribution in [2.45, 2.75) is 32.8 Å². The first kappa shape index (κ1) is 20.5. The van der Waals surface area contributed by atoms with Gasteiger partial charge in [-0.25, -0.2) is 9.97 Å². The molecule has 1 aliphatic rings. The number of thiazole rings is 1. The number of carbonyl (C=O) groups is 1. The maximum atomic E-state index is 12.7. The van der Waals surface area contributed by atoms with E-state index in [-0.39, 0.29) is 18.1 Å². The molecule has 0 radical (unpaired) electrons. The van der Waals surface area contributed by atoms with E-state index < -0.39 is 0 Å². The first-order chi connectivity index (χ1) is 15.4. The lowest BCUT2D eigenvalue weighted by Gasteiger charge is -2.18. The fourth-order valence-corrected chi connectivity index (χ4v) is 4.91. The van der Waals surface area contributed by atoms with E-state index in [1.807, 2.05) is 69.3 Å². The second kappa shape index (κ2) is 7.91. The average Bonchev–Trinajstić information content (AvgIpc) is 3.33. The Morgan fingerprint density at radius 3 is 2.88 bits per heavy atom. The van der Waals surface area contributed by atoms with E-state index in [9.17, 15) is 4.79 Å². The average molecular weight is 446 g/mol. The van der Waals surface area contributed by atoms with Crippen molar-refractivity contribution in [3.8, 4) is 22.1 Å².